The van der Waals surface area contributed by atoms with Crippen LogP contribution >= 0.6 is 0 Å². The van der Waals surface area contributed by atoms with Crippen molar-refractivity contribution in [2.75, 3.05) is 0 Å². The van der Waals surface area contributed by atoms with Crippen molar-refractivity contribution in [2.45, 2.75) is 26.2 Å². The van der Waals surface area contributed by atoms with Gasteiger partial charge < -0.3 is 5.53 Å². The summed E-state index contributed by atoms with van der Waals surface area (Å²) in [7, 11) is 0. The van der Waals surface area contributed by atoms with Crippen LogP contribution in [0.5, 0.6) is 0 Å². The molecular weight excluding hydrogens is 112 g/mol. The molecule has 0 unspecified atom stereocenters. The molecular formula is C7H10N2. The van der Waals surface area contributed by atoms with E-state index in [2.05, 4.69) is 17.6 Å². The van der Waals surface area contributed by atoms with Gasteiger partial charge >= 0.3 is 5.71 Å². The van der Waals surface area contributed by atoms with E-state index in [1.54, 1.807) is 0 Å². The van der Waals surface area contributed by atoms with E-state index in [9.17, 15) is 0 Å². The standard InChI is InChI=1S/C7H10N2/c1-3-5-6-7(4-2)9-8/h2H,3,5-6H2,1H3. The van der Waals surface area contributed by atoms with E-state index < -0.39 is 0 Å². The summed E-state index contributed by atoms with van der Waals surface area (Å²) in [5.74, 6) is 2.29. The Morgan fingerprint density at radius 1 is 1.78 bits per heavy atom. The molecule has 48 valence electrons. The first-order chi connectivity index (χ1) is 4.35. The van der Waals surface area contributed by atoms with Crippen molar-refractivity contribution < 1.29 is 4.79 Å². The number of rotatable bonds is 3. The highest BCUT2D eigenvalue weighted by molar-refractivity contribution is 5.95. The molecule has 0 atom stereocenters. The fourth-order valence-corrected chi connectivity index (χ4v) is 0.495. The normalized spacial score (nSPS) is 7.56. The van der Waals surface area contributed by atoms with Gasteiger partial charge in [0.25, 0.3) is 0 Å². The van der Waals surface area contributed by atoms with Crippen LogP contribution < -0.4 is 0 Å². The molecule has 0 aliphatic heterocycles. The number of hydrogen-bond donors (Lipinski definition) is 0. The summed E-state index contributed by atoms with van der Waals surface area (Å²) in [6, 6.07) is 0. The molecule has 2 nitrogen and oxygen atoms in total. The smallest absolute Gasteiger partial charge is 0.341 e. The van der Waals surface area contributed by atoms with Crippen LogP contribution in [0.2, 0.25) is 0 Å². The molecule has 0 saturated carbocycles. The van der Waals surface area contributed by atoms with Crippen LogP contribution in [0.25, 0.3) is 5.53 Å². The Morgan fingerprint density at radius 2 is 2.44 bits per heavy atom. The average Bonchev–Trinajstić information content (AvgIpc) is 1.91. The molecule has 0 fully saturated rings. The topological polar surface area (TPSA) is 36.4 Å². The zero-order valence-electron chi connectivity index (χ0n) is 5.59. The quantitative estimate of drug-likeness (QED) is 0.235. The van der Waals surface area contributed by atoms with Gasteiger partial charge in [-0.2, -0.15) is 4.79 Å². The van der Waals surface area contributed by atoms with E-state index >= 15 is 0 Å². The monoisotopic (exact) mass is 122 g/mol. The maximum atomic E-state index is 8.20. The molecule has 0 aliphatic rings. The molecule has 9 heavy (non-hydrogen) atoms. The molecule has 2 heteroatoms. The molecule has 0 bridgehead atoms. The molecule has 0 aromatic carbocycles. The first-order valence-electron chi connectivity index (χ1n) is 3.02. The highest BCUT2D eigenvalue weighted by Gasteiger charge is 1.99. The number of unbranched alkanes of at least 4 members (excludes halogenated alkanes) is 1. The van der Waals surface area contributed by atoms with Gasteiger partial charge in [0, 0.05) is 5.92 Å². The molecule has 0 N–H and O–H groups in total. The number of terminal acetylenes is 1. The van der Waals surface area contributed by atoms with E-state index in [4.69, 9.17) is 12.0 Å². The minimum absolute atomic E-state index is 0.442. The number of nitrogens with zero attached hydrogens (tertiary/aromatic N) is 2. The van der Waals surface area contributed by atoms with Crippen LogP contribution in [0, 0.1) is 12.3 Å². The van der Waals surface area contributed by atoms with Crippen molar-refractivity contribution in [1.29, 1.82) is 0 Å². The molecule has 0 saturated heterocycles. The first-order valence-corrected chi connectivity index (χ1v) is 3.02. The van der Waals surface area contributed by atoms with E-state index in [1.807, 2.05) is 0 Å². The van der Waals surface area contributed by atoms with Gasteiger partial charge in [0.05, 0.1) is 6.42 Å². The third-order valence-corrected chi connectivity index (χ3v) is 1.05. The SMILES string of the molecule is C#CC(CCCC)=[N+]=[N-]. The van der Waals surface area contributed by atoms with Crippen LogP contribution in [-0.4, -0.2) is 10.5 Å². The van der Waals surface area contributed by atoms with Crippen LogP contribution in [-0.2, 0) is 0 Å². The van der Waals surface area contributed by atoms with E-state index in [1.165, 1.54) is 0 Å². The predicted molar refractivity (Wildman–Crippen MR) is 37.0 cm³/mol. The summed E-state index contributed by atoms with van der Waals surface area (Å²) >= 11 is 0. The Morgan fingerprint density at radius 3 is 2.78 bits per heavy atom. The van der Waals surface area contributed by atoms with E-state index in [-0.39, 0.29) is 0 Å². The second-order valence-electron chi connectivity index (χ2n) is 1.79. The van der Waals surface area contributed by atoms with Crippen molar-refractivity contribution in [3.63, 3.8) is 0 Å². The van der Waals surface area contributed by atoms with Gasteiger partial charge in [0.15, 0.2) is 0 Å². The fraction of sp³-hybridized carbons (Fsp3) is 0.571. The largest absolute Gasteiger partial charge is 0.360 e. The fourth-order valence-electron chi connectivity index (χ4n) is 0.495. The van der Waals surface area contributed by atoms with Gasteiger partial charge in [-0.15, -0.1) is 6.42 Å². The minimum atomic E-state index is 0.442. The van der Waals surface area contributed by atoms with Crippen molar-refractivity contribution in [1.82, 2.24) is 0 Å². The molecule has 0 amide bonds. The Bertz CT molecular complexity index is 158. The third-order valence-electron chi connectivity index (χ3n) is 1.05. The molecule has 0 rings (SSSR count). The van der Waals surface area contributed by atoms with Gasteiger partial charge in [-0.1, -0.05) is 13.3 Å². The molecule has 0 aromatic rings. The van der Waals surface area contributed by atoms with Gasteiger partial charge in [0.1, 0.15) is 0 Å². The second kappa shape index (κ2) is 5.08. The van der Waals surface area contributed by atoms with Crippen molar-refractivity contribution in [3.8, 4) is 12.3 Å². The Kier molecular flexibility index (Phi) is 4.49. The Hall–Kier alpha value is -1.06. The van der Waals surface area contributed by atoms with Crippen LogP contribution in [0.4, 0.5) is 0 Å². The van der Waals surface area contributed by atoms with Gasteiger partial charge in [0.2, 0.25) is 0 Å². The van der Waals surface area contributed by atoms with Crippen LogP contribution in [0.1, 0.15) is 26.2 Å². The van der Waals surface area contributed by atoms with E-state index in [0.717, 1.165) is 12.8 Å². The first kappa shape index (κ1) is 7.94. The molecule has 0 spiro atoms. The van der Waals surface area contributed by atoms with Crippen LogP contribution in [0.3, 0.4) is 0 Å². The Labute approximate surface area is 55.5 Å². The summed E-state index contributed by atoms with van der Waals surface area (Å²) in [5.41, 5.74) is 8.64. The van der Waals surface area contributed by atoms with Gasteiger partial charge in [-0.25, -0.2) is 0 Å². The molecule has 0 heterocycles. The Balaban J connectivity index is 3.63. The lowest BCUT2D eigenvalue weighted by Crippen LogP contribution is -1.93. The number of hydrogen-bond acceptors (Lipinski definition) is 0. The van der Waals surface area contributed by atoms with E-state index in [0.29, 0.717) is 12.1 Å². The molecule has 0 aromatic heterocycles. The van der Waals surface area contributed by atoms with Gasteiger partial charge in [-0.3, -0.25) is 0 Å². The lowest BCUT2D eigenvalue weighted by atomic mass is 10.2. The lowest BCUT2D eigenvalue weighted by molar-refractivity contribution is -0.00551. The zero-order valence-corrected chi connectivity index (χ0v) is 5.59. The maximum absolute atomic E-state index is 8.20. The summed E-state index contributed by atoms with van der Waals surface area (Å²) in [4.78, 5) is 2.92. The third kappa shape index (κ3) is 3.52. The molecule has 0 aliphatic carbocycles. The van der Waals surface area contributed by atoms with Gasteiger partial charge in [-0.05, 0) is 6.42 Å². The lowest BCUT2D eigenvalue weighted by Gasteiger charge is -1.83. The average molecular weight is 122 g/mol. The van der Waals surface area contributed by atoms with Crippen molar-refractivity contribution in [3.05, 3.63) is 5.53 Å². The molecule has 0 radical (unpaired) electrons. The highest BCUT2D eigenvalue weighted by Crippen LogP contribution is 1.93. The summed E-state index contributed by atoms with van der Waals surface area (Å²) in [5, 5.41) is 0. The van der Waals surface area contributed by atoms with Crippen molar-refractivity contribution >= 4 is 5.71 Å². The maximum Gasteiger partial charge on any atom is 0.341 e. The predicted octanol–water partition coefficient (Wildman–Crippen LogP) is 1.48. The van der Waals surface area contributed by atoms with Crippen LogP contribution in [0.15, 0.2) is 0 Å². The van der Waals surface area contributed by atoms with Crippen molar-refractivity contribution in [2.24, 2.45) is 0 Å². The minimum Gasteiger partial charge on any atom is -0.360 e. The highest BCUT2D eigenvalue weighted by atomic mass is 14.8. The second-order valence-corrected chi connectivity index (χ2v) is 1.79. The zero-order chi connectivity index (χ0) is 7.11. The summed E-state index contributed by atoms with van der Waals surface area (Å²) < 4.78 is 0. The summed E-state index contributed by atoms with van der Waals surface area (Å²) in [6.45, 7) is 2.06. The summed E-state index contributed by atoms with van der Waals surface area (Å²) in [6.07, 6.45) is 7.75.